The number of halogens is 1. The zero-order valence-electron chi connectivity index (χ0n) is 20.2. The Kier molecular flexibility index (Phi) is 8.49. The van der Waals surface area contributed by atoms with Gasteiger partial charge in [-0.3, -0.25) is 23.7 Å². The lowest BCUT2D eigenvalue weighted by atomic mass is 10.0. The van der Waals surface area contributed by atoms with Crippen LogP contribution in [0.15, 0.2) is 52.2 Å². The molecule has 198 valence electrons. The number of aliphatic hydroxyl groups excluding tert-OH is 1. The van der Waals surface area contributed by atoms with Crippen LogP contribution in [0.25, 0.3) is 0 Å². The molecule has 1 saturated heterocycles. The Balaban J connectivity index is 1.84. The maximum Gasteiger partial charge on any atom is 0.459 e. The van der Waals surface area contributed by atoms with Crippen LogP contribution < -0.4 is 20.9 Å². The Labute approximate surface area is 212 Å². The quantitative estimate of drug-likeness (QED) is 0.229. The molecular formula is C22H29ClN3O9P. The van der Waals surface area contributed by atoms with Crippen LogP contribution in [0.5, 0.6) is 5.75 Å². The molecule has 1 aromatic heterocycles. The van der Waals surface area contributed by atoms with E-state index < -0.39 is 60.4 Å². The van der Waals surface area contributed by atoms with Crippen molar-refractivity contribution in [2.75, 3.05) is 13.2 Å². The Hall–Kier alpha value is -2.47. The van der Waals surface area contributed by atoms with Crippen molar-refractivity contribution in [3.05, 3.63) is 63.4 Å². The highest BCUT2D eigenvalue weighted by molar-refractivity contribution is 7.52. The van der Waals surface area contributed by atoms with E-state index in [0.29, 0.717) is 0 Å². The molecular weight excluding hydrogens is 517 g/mol. The molecule has 12 nitrogen and oxygen atoms in total. The molecule has 36 heavy (non-hydrogen) atoms. The van der Waals surface area contributed by atoms with E-state index >= 15 is 0 Å². The standard InChI is InChI=1S/C22H29ClN3O9P/c1-5-32-19(29)21(2,3)25-36(31,35-14-9-7-6-8-10-14)33-13-15-17(28)22(4,23)18(34-15)26-12-11-16(27)24-20(26)30/h6-12,15,17-18,28H,5,13H2,1-4H3,(H,25,31)(H,24,27,30)/t15-,17-,18?,22-,36?/m1/s1. The average molecular weight is 546 g/mol. The zero-order chi connectivity index (χ0) is 26.7. The van der Waals surface area contributed by atoms with Crippen LogP contribution in [0.1, 0.15) is 33.9 Å². The third-order valence-corrected chi connectivity index (χ3v) is 7.58. The lowest BCUT2D eigenvalue weighted by Gasteiger charge is -2.30. The molecule has 0 bridgehead atoms. The third kappa shape index (κ3) is 6.26. The Morgan fingerprint density at radius 3 is 2.58 bits per heavy atom. The van der Waals surface area contributed by atoms with E-state index in [2.05, 4.69) is 10.1 Å². The monoisotopic (exact) mass is 545 g/mol. The van der Waals surface area contributed by atoms with Gasteiger partial charge in [-0.15, -0.1) is 11.6 Å². The highest BCUT2D eigenvalue weighted by atomic mass is 35.5. The van der Waals surface area contributed by atoms with Crippen molar-refractivity contribution >= 4 is 25.3 Å². The predicted molar refractivity (Wildman–Crippen MR) is 130 cm³/mol. The number of hydrogen-bond donors (Lipinski definition) is 3. The first-order chi connectivity index (χ1) is 16.8. The van der Waals surface area contributed by atoms with Crippen molar-refractivity contribution < 1.29 is 33.0 Å². The van der Waals surface area contributed by atoms with E-state index in [0.717, 1.165) is 10.6 Å². The first kappa shape index (κ1) is 28.1. The summed E-state index contributed by atoms with van der Waals surface area (Å²) < 4.78 is 36.8. The average Bonchev–Trinajstić information content (AvgIpc) is 3.01. The van der Waals surface area contributed by atoms with Crippen molar-refractivity contribution in [1.82, 2.24) is 14.6 Å². The number of hydrogen-bond acceptors (Lipinski definition) is 9. The number of aromatic nitrogens is 2. The van der Waals surface area contributed by atoms with E-state index in [1.165, 1.54) is 27.0 Å². The molecule has 2 unspecified atom stereocenters. The summed E-state index contributed by atoms with van der Waals surface area (Å²) in [5, 5.41) is 13.4. The second-order valence-corrected chi connectivity index (χ2v) is 11.3. The number of aromatic amines is 1. The van der Waals surface area contributed by atoms with Crippen molar-refractivity contribution in [3.8, 4) is 5.75 Å². The molecule has 0 saturated carbocycles. The van der Waals surface area contributed by atoms with Crippen LogP contribution in [0, 0.1) is 0 Å². The number of nitrogens with zero attached hydrogens (tertiary/aromatic N) is 1. The number of para-hydroxylation sites is 1. The van der Waals surface area contributed by atoms with Gasteiger partial charge in [0.15, 0.2) is 6.23 Å². The Bertz CT molecular complexity index is 1230. The summed E-state index contributed by atoms with van der Waals surface area (Å²) >= 11 is 6.53. The molecule has 3 rings (SSSR count). The molecule has 2 aromatic rings. The fourth-order valence-corrected chi connectivity index (χ4v) is 5.51. The van der Waals surface area contributed by atoms with E-state index in [9.17, 15) is 24.1 Å². The lowest BCUT2D eigenvalue weighted by molar-refractivity contribution is -0.149. The largest absolute Gasteiger partial charge is 0.465 e. The molecule has 1 aliphatic rings. The minimum Gasteiger partial charge on any atom is -0.465 e. The van der Waals surface area contributed by atoms with Crippen LogP contribution in [0.4, 0.5) is 0 Å². The summed E-state index contributed by atoms with van der Waals surface area (Å²) in [7, 11) is -4.27. The zero-order valence-corrected chi connectivity index (χ0v) is 21.8. The number of esters is 1. The van der Waals surface area contributed by atoms with Gasteiger partial charge in [-0.05, 0) is 39.8 Å². The second-order valence-electron chi connectivity index (χ2n) is 8.80. The molecule has 14 heteroatoms. The highest BCUT2D eigenvalue weighted by Crippen LogP contribution is 2.49. The Morgan fingerprint density at radius 1 is 1.31 bits per heavy atom. The van der Waals surface area contributed by atoms with Gasteiger partial charge in [0.1, 0.15) is 28.4 Å². The molecule has 0 aliphatic carbocycles. The number of alkyl halides is 1. The minimum absolute atomic E-state index is 0.108. The fourth-order valence-electron chi connectivity index (χ4n) is 3.54. The van der Waals surface area contributed by atoms with Crippen molar-refractivity contribution in [1.29, 1.82) is 0 Å². The van der Waals surface area contributed by atoms with Crippen LogP contribution in [-0.4, -0.2) is 56.5 Å². The second kappa shape index (κ2) is 10.9. The number of carbonyl (C=O) groups excluding carboxylic acids is 1. The van der Waals surface area contributed by atoms with Gasteiger partial charge in [-0.25, -0.2) is 9.36 Å². The van der Waals surface area contributed by atoms with Gasteiger partial charge in [0.2, 0.25) is 0 Å². The number of carbonyl (C=O) groups is 1. The van der Waals surface area contributed by atoms with E-state index in [1.807, 2.05) is 0 Å². The van der Waals surface area contributed by atoms with Gasteiger partial charge < -0.3 is 19.1 Å². The summed E-state index contributed by atoms with van der Waals surface area (Å²) in [6, 6.07) is 9.25. The van der Waals surface area contributed by atoms with Gasteiger partial charge in [-0.2, -0.15) is 5.09 Å². The number of rotatable bonds is 10. The van der Waals surface area contributed by atoms with Crippen molar-refractivity contribution in [2.45, 2.75) is 56.5 Å². The lowest BCUT2D eigenvalue weighted by Crippen LogP contribution is -2.47. The number of nitrogens with one attached hydrogen (secondary N) is 2. The predicted octanol–water partition coefficient (Wildman–Crippen LogP) is 1.93. The maximum atomic E-state index is 13.7. The molecule has 0 amide bonds. The summed E-state index contributed by atoms with van der Waals surface area (Å²) in [4.78, 5) is 36.6. The molecule has 1 aromatic carbocycles. The first-order valence-corrected chi connectivity index (χ1v) is 13.0. The van der Waals surface area contributed by atoms with Crippen molar-refractivity contribution in [3.63, 3.8) is 0 Å². The normalized spacial score (nSPS) is 25.8. The third-order valence-electron chi connectivity index (χ3n) is 5.40. The van der Waals surface area contributed by atoms with E-state index in [1.54, 1.807) is 37.3 Å². The molecule has 1 aliphatic heterocycles. The number of H-pyrrole nitrogens is 1. The fraction of sp³-hybridized carbons (Fsp3) is 0.500. The van der Waals surface area contributed by atoms with E-state index in [-0.39, 0.29) is 12.4 Å². The van der Waals surface area contributed by atoms with Gasteiger partial charge in [0.25, 0.3) is 5.56 Å². The molecule has 2 heterocycles. The van der Waals surface area contributed by atoms with Crippen LogP contribution in [0.2, 0.25) is 0 Å². The minimum atomic E-state index is -4.27. The topological polar surface area (TPSA) is 158 Å². The Morgan fingerprint density at radius 2 is 1.97 bits per heavy atom. The molecule has 3 N–H and O–H groups in total. The number of benzene rings is 1. The van der Waals surface area contributed by atoms with Gasteiger partial charge in [0, 0.05) is 12.3 Å². The SMILES string of the molecule is CCOC(=O)C(C)(C)NP(=O)(OC[C@H]1OC(n2ccc(=O)[nH]c2=O)[C@](C)(Cl)[C@@H]1O)Oc1ccccc1. The summed E-state index contributed by atoms with van der Waals surface area (Å²) in [5.74, 6) is -0.491. The summed E-state index contributed by atoms with van der Waals surface area (Å²) in [6.07, 6.45) is -2.54. The van der Waals surface area contributed by atoms with Gasteiger partial charge in [0.05, 0.1) is 13.2 Å². The molecule has 0 spiro atoms. The number of aliphatic hydroxyl groups is 1. The molecule has 5 atom stereocenters. The van der Waals surface area contributed by atoms with Crippen LogP contribution >= 0.6 is 19.3 Å². The summed E-state index contributed by atoms with van der Waals surface area (Å²) in [6.45, 7) is 5.60. The van der Waals surface area contributed by atoms with Crippen molar-refractivity contribution in [2.24, 2.45) is 0 Å². The first-order valence-electron chi connectivity index (χ1n) is 11.1. The maximum absolute atomic E-state index is 13.7. The van der Waals surface area contributed by atoms with Crippen LogP contribution in [0.3, 0.4) is 0 Å². The molecule has 0 radical (unpaired) electrons. The molecule has 1 fully saturated rings. The van der Waals surface area contributed by atoms with Gasteiger partial charge in [-0.1, -0.05) is 18.2 Å². The summed E-state index contributed by atoms with van der Waals surface area (Å²) in [5.41, 5.74) is -2.87. The van der Waals surface area contributed by atoms with Gasteiger partial charge >= 0.3 is 19.4 Å². The van der Waals surface area contributed by atoms with E-state index in [4.69, 9.17) is 30.1 Å². The number of ether oxygens (including phenoxy) is 2. The smallest absolute Gasteiger partial charge is 0.459 e. The highest BCUT2D eigenvalue weighted by Gasteiger charge is 2.54. The van der Waals surface area contributed by atoms with Crippen LogP contribution in [-0.2, 0) is 23.4 Å².